The summed E-state index contributed by atoms with van der Waals surface area (Å²) in [7, 11) is 0. The van der Waals surface area contributed by atoms with Crippen molar-refractivity contribution in [2.75, 3.05) is 18.5 Å². The van der Waals surface area contributed by atoms with Crippen LogP contribution in [-0.4, -0.2) is 24.7 Å². The van der Waals surface area contributed by atoms with Crippen molar-refractivity contribution in [1.29, 1.82) is 0 Å². The molecule has 1 N–H and O–H groups in total. The number of anilines is 1. The van der Waals surface area contributed by atoms with Crippen LogP contribution < -0.4 is 10.1 Å². The first kappa shape index (κ1) is 19.7. The number of hydrogen-bond acceptors (Lipinski definition) is 3. The number of carbonyl (C=O) groups is 1. The molecule has 4 heteroatoms. The maximum absolute atomic E-state index is 13.3. The fourth-order valence-electron chi connectivity index (χ4n) is 4.14. The van der Waals surface area contributed by atoms with Gasteiger partial charge in [-0.1, -0.05) is 44.5 Å². The first-order valence-electron chi connectivity index (χ1n) is 10.2. The van der Waals surface area contributed by atoms with Gasteiger partial charge in [-0.25, -0.2) is 0 Å². The third-order valence-corrected chi connectivity index (χ3v) is 5.38. The molecule has 0 bridgehead atoms. The summed E-state index contributed by atoms with van der Waals surface area (Å²) >= 11 is 0. The second-order valence-electron chi connectivity index (χ2n) is 7.59. The fraction of sp³-hybridized carbons (Fsp3) is 0.522. The lowest BCUT2D eigenvalue weighted by Gasteiger charge is -2.38. The van der Waals surface area contributed by atoms with Gasteiger partial charge < -0.3 is 14.8 Å². The SMILES string of the molecule is CCCOc1ccc(NC(=O)[C@@]2(OCC)CCC[C@H](C)C2)c2ccccc12. The van der Waals surface area contributed by atoms with E-state index in [1.54, 1.807) is 0 Å². The minimum Gasteiger partial charge on any atom is -0.493 e. The first-order chi connectivity index (χ1) is 13.1. The van der Waals surface area contributed by atoms with Gasteiger partial charge in [0.25, 0.3) is 5.91 Å². The summed E-state index contributed by atoms with van der Waals surface area (Å²) in [6, 6.07) is 11.9. The second-order valence-corrected chi connectivity index (χ2v) is 7.59. The summed E-state index contributed by atoms with van der Waals surface area (Å²) in [6.07, 6.45) is 4.71. The molecule has 0 saturated heterocycles. The fourth-order valence-corrected chi connectivity index (χ4v) is 4.14. The van der Waals surface area contributed by atoms with Crippen LogP contribution in [0.5, 0.6) is 5.75 Å². The minimum atomic E-state index is -0.717. The molecule has 3 rings (SSSR count). The second kappa shape index (κ2) is 8.75. The summed E-state index contributed by atoms with van der Waals surface area (Å²) < 4.78 is 11.9. The number of hydrogen-bond donors (Lipinski definition) is 1. The van der Waals surface area contributed by atoms with E-state index in [0.29, 0.717) is 19.1 Å². The largest absolute Gasteiger partial charge is 0.493 e. The Labute approximate surface area is 162 Å². The van der Waals surface area contributed by atoms with E-state index in [1.165, 1.54) is 0 Å². The van der Waals surface area contributed by atoms with E-state index in [9.17, 15) is 4.79 Å². The zero-order valence-electron chi connectivity index (χ0n) is 16.7. The van der Waals surface area contributed by atoms with Crippen molar-refractivity contribution in [3.63, 3.8) is 0 Å². The van der Waals surface area contributed by atoms with Crippen LogP contribution in [0.25, 0.3) is 10.8 Å². The number of nitrogens with one attached hydrogen (secondary N) is 1. The van der Waals surface area contributed by atoms with Crippen molar-refractivity contribution in [2.45, 2.75) is 58.5 Å². The van der Waals surface area contributed by atoms with Crippen LogP contribution in [0.4, 0.5) is 5.69 Å². The van der Waals surface area contributed by atoms with Crippen LogP contribution in [0.2, 0.25) is 0 Å². The van der Waals surface area contributed by atoms with Crippen molar-refractivity contribution in [3.8, 4) is 5.75 Å². The van der Waals surface area contributed by atoms with Gasteiger partial charge in [0.05, 0.1) is 6.61 Å². The number of carbonyl (C=O) groups excluding carboxylic acids is 1. The van der Waals surface area contributed by atoms with Crippen LogP contribution in [0.15, 0.2) is 36.4 Å². The Morgan fingerprint density at radius 3 is 2.67 bits per heavy atom. The molecule has 27 heavy (non-hydrogen) atoms. The zero-order valence-corrected chi connectivity index (χ0v) is 16.7. The number of fused-ring (bicyclic) bond motifs is 1. The van der Waals surface area contributed by atoms with E-state index in [-0.39, 0.29) is 5.91 Å². The average molecular weight is 370 g/mol. The van der Waals surface area contributed by atoms with Gasteiger partial charge in [0.15, 0.2) is 0 Å². The van der Waals surface area contributed by atoms with E-state index >= 15 is 0 Å². The number of ether oxygens (including phenoxy) is 2. The number of benzene rings is 2. The summed E-state index contributed by atoms with van der Waals surface area (Å²) in [4.78, 5) is 13.3. The summed E-state index contributed by atoms with van der Waals surface area (Å²) in [5.74, 6) is 1.33. The van der Waals surface area contributed by atoms with Gasteiger partial charge in [-0.3, -0.25) is 4.79 Å². The molecule has 1 aliphatic rings. The maximum Gasteiger partial charge on any atom is 0.256 e. The molecule has 1 fully saturated rings. The van der Waals surface area contributed by atoms with Crippen LogP contribution in [0, 0.1) is 5.92 Å². The third kappa shape index (κ3) is 4.27. The van der Waals surface area contributed by atoms with Gasteiger partial charge in [-0.05, 0) is 50.7 Å². The molecule has 2 aromatic rings. The summed E-state index contributed by atoms with van der Waals surface area (Å²) in [5.41, 5.74) is 0.0991. The molecule has 1 saturated carbocycles. The summed E-state index contributed by atoms with van der Waals surface area (Å²) in [6.45, 7) is 7.49. The molecule has 2 atom stereocenters. The number of rotatable bonds is 7. The van der Waals surface area contributed by atoms with Crippen LogP contribution in [0.3, 0.4) is 0 Å². The quantitative estimate of drug-likeness (QED) is 0.696. The van der Waals surface area contributed by atoms with Crippen molar-refractivity contribution in [2.24, 2.45) is 5.92 Å². The lowest BCUT2D eigenvalue weighted by atomic mass is 9.78. The van der Waals surface area contributed by atoms with Crippen LogP contribution >= 0.6 is 0 Å². The van der Waals surface area contributed by atoms with E-state index in [1.807, 2.05) is 43.3 Å². The van der Waals surface area contributed by atoms with Gasteiger partial charge in [-0.15, -0.1) is 0 Å². The molecule has 1 amide bonds. The normalized spacial score (nSPS) is 22.6. The maximum atomic E-state index is 13.3. The van der Waals surface area contributed by atoms with E-state index < -0.39 is 5.60 Å². The predicted molar refractivity (Wildman–Crippen MR) is 110 cm³/mol. The molecule has 146 valence electrons. The van der Waals surface area contributed by atoms with Crippen molar-refractivity contribution in [3.05, 3.63) is 36.4 Å². The molecule has 4 nitrogen and oxygen atoms in total. The Bertz CT molecular complexity index is 784. The van der Waals surface area contributed by atoms with Crippen LogP contribution in [-0.2, 0) is 9.53 Å². The van der Waals surface area contributed by atoms with Gasteiger partial charge in [0.1, 0.15) is 11.4 Å². The lowest BCUT2D eigenvalue weighted by Crippen LogP contribution is -2.48. The Balaban J connectivity index is 1.90. The highest BCUT2D eigenvalue weighted by atomic mass is 16.5. The Hall–Kier alpha value is -2.07. The minimum absolute atomic E-state index is 0.0247. The molecule has 0 aromatic heterocycles. The molecule has 0 aliphatic heterocycles. The molecular formula is C23H31NO3. The predicted octanol–water partition coefficient (Wildman–Crippen LogP) is 5.55. The van der Waals surface area contributed by atoms with Crippen molar-refractivity contribution < 1.29 is 14.3 Å². The molecule has 0 heterocycles. The van der Waals surface area contributed by atoms with Gasteiger partial charge in [0, 0.05) is 23.1 Å². The highest BCUT2D eigenvalue weighted by Gasteiger charge is 2.42. The van der Waals surface area contributed by atoms with Crippen molar-refractivity contribution in [1.82, 2.24) is 0 Å². The monoisotopic (exact) mass is 369 g/mol. The summed E-state index contributed by atoms with van der Waals surface area (Å²) in [5, 5.41) is 5.18. The van der Waals surface area contributed by atoms with Gasteiger partial charge >= 0.3 is 0 Å². The Morgan fingerprint density at radius 1 is 1.19 bits per heavy atom. The average Bonchev–Trinajstić information content (AvgIpc) is 2.67. The topological polar surface area (TPSA) is 47.6 Å². The van der Waals surface area contributed by atoms with Gasteiger partial charge in [0.2, 0.25) is 0 Å². The molecule has 0 unspecified atom stereocenters. The molecule has 2 aromatic carbocycles. The first-order valence-corrected chi connectivity index (χ1v) is 10.2. The molecule has 0 radical (unpaired) electrons. The van der Waals surface area contributed by atoms with E-state index in [2.05, 4.69) is 19.2 Å². The zero-order chi connectivity index (χ0) is 19.3. The van der Waals surface area contributed by atoms with E-state index in [0.717, 1.165) is 54.3 Å². The molecule has 1 aliphatic carbocycles. The molecule has 0 spiro atoms. The standard InChI is InChI=1S/C23H31NO3/c1-4-15-26-21-13-12-20(18-10-6-7-11-19(18)21)24-22(25)23(27-5-2)14-8-9-17(3)16-23/h6-7,10-13,17H,4-5,8-9,14-16H2,1-3H3,(H,24,25)/t17-,23+/m0/s1. The lowest BCUT2D eigenvalue weighted by molar-refractivity contribution is -0.147. The Morgan fingerprint density at radius 2 is 1.96 bits per heavy atom. The third-order valence-electron chi connectivity index (χ3n) is 5.38. The number of amides is 1. The van der Waals surface area contributed by atoms with Crippen LogP contribution in [0.1, 0.15) is 52.9 Å². The smallest absolute Gasteiger partial charge is 0.256 e. The van der Waals surface area contributed by atoms with E-state index in [4.69, 9.17) is 9.47 Å². The highest BCUT2D eigenvalue weighted by Crippen LogP contribution is 2.38. The molecular weight excluding hydrogens is 338 g/mol. The highest BCUT2D eigenvalue weighted by molar-refractivity contribution is 6.06. The Kier molecular flexibility index (Phi) is 6.38. The van der Waals surface area contributed by atoms with Crippen molar-refractivity contribution >= 4 is 22.4 Å². The van der Waals surface area contributed by atoms with Gasteiger partial charge in [-0.2, -0.15) is 0 Å².